The van der Waals surface area contributed by atoms with Gasteiger partial charge in [0, 0.05) is 49.7 Å². The fourth-order valence-electron chi connectivity index (χ4n) is 4.12. The summed E-state index contributed by atoms with van der Waals surface area (Å²) < 4.78 is 1.95. The van der Waals surface area contributed by atoms with Gasteiger partial charge in [0.25, 0.3) is 5.91 Å². The topological polar surface area (TPSA) is 92.6 Å². The summed E-state index contributed by atoms with van der Waals surface area (Å²) in [5.74, 6) is 1.75. The second kappa shape index (κ2) is 7.37. The molecule has 1 fully saturated rings. The average molecular weight is 401 g/mol. The van der Waals surface area contributed by atoms with Crippen molar-refractivity contribution in [2.45, 2.75) is 25.7 Å². The summed E-state index contributed by atoms with van der Waals surface area (Å²) in [6.45, 7) is 3.33. The molecule has 0 unspecified atom stereocenters. The number of aromatic amines is 1. The molecule has 1 amide bonds. The van der Waals surface area contributed by atoms with Gasteiger partial charge in [-0.05, 0) is 44.0 Å². The maximum Gasteiger partial charge on any atom is 0.253 e. The Morgan fingerprint density at radius 3 is 2.93 bits per heavy atom. The molecule has 0 radical (unpaired) electrons. The molecular weight excluding hydrogens is 378 g/mol. The van der Waals surface area contributed by atoms with E-state index < -0.39 is 0 Å². The van der Waals surface area contributed by atoms with Crippen molar-refractivity contribution in [1.29, 1.82) is 0 Å². The van der Waals surface area contributed by atoms with E-state index in [1.807, 2.05) is 53.9 Å². The molecule has 3 aromatic heterocycles. The van der Waals surface area contributed by atoms with Gasteiger partial charge in [-0.1, -0.05) is 0 Å². The second-order valence-corrected chi connectivity index (χ2v) is 7.84. The molecule has 1 N–H and O–H groups in total. The normalized spacial score (nSPS) is 16.9. The fourth-order valence-corrected chi connectivity index (χ4v) is 4.12. The van der Waals surface area contributed by atoms with Crippen molar-refractivity contribution in [2.75, 3.05) is 13.1 Å². The second-order valence-electron chi connectivity index (χ2n) is 7.84. The maximum atomic E-state index is 13.1. The molecule has 0 spiro atoms. The third-order valence-electron chi connectivity index (χ3n) is 5.66. The largest absolute Gasteiger partial charge is 0.345 e. The molecule has 5 rings (SSSR count). The number of nitrogens with one attached hydrogen (secondary N) is 1. The Labute approximate surface area is 174 Å². The van der Waals surface area contributed by atoms with Crippen LogP contribution in [-0.2, 0) is 7.05 Å². The summed E-state index contributed by atoms with van der Waals surface area (Å²) in [5, 5.41) is 0. The summed E-state index contributed by atoms with van der Waals surface area (Å²) in [4.78, 5) is 36.3. The Kier molecular flexibility index (Phi) is 4.54. The van der Waals surface area contributed by atoms with Gasteiger partial charge in [-0.3, -0.25) is 4.79 Å². The molecule has 0 saturated carbocycles. The standard InChI is InChI=1S/C22H23N7O/c1-14-10-19(21-23-7-9-28(21)2)27-20(26-14)16-4-3-8-29(12-16)22(30)15-5-6-17-18(11-15)25-13-24-17/h5-7,9-11,13,16H,3-4,8,12H2,1-2H3,(H,24,25)/t16-/m1/s1. The lowest BCUT2D eigenvalue weighted by atomic mass is 9.96. The number of nitrogens with zero attached hydrogens (tertiary/aromatic N) is 6. The first kappa shape index (κ1) is 18.5. The van der Waals surface area contributed by atoms with E-state index in [2.05, 4.69) is 15.0 Å². The predicted octanol–water partition coefficient (Wildman–Crippen LogP) is 3.08. The summed E-state index contributed by atoms with van der Waals surface area (Å²) in [5.41, 5.74) is 4.13. The lowest BCUT2D eigenvalue weighted by molar-refractivity contribution is 0.0704. The van der Waals surface area contributed by atoms with Gasteiger partial charge in [0.15, 0.2) is 5.82 Å². The molecule has 4 heterocycles. The van der Waals surface area contributed by atoms with E-state index in [1.54, 1.807) is 12.5 Å². The van der Waals surface area contributed by atoms with Crippen LogP contribution in [0.3, 0.4) is 0 Å². The zero-order valence-corrected chi connectivity index (χ0v) is 17.0. The van der Waals surface area contributed by atoms with Crippen molar-refractivity contribution < 1.29 is 4.79 Å². The summed E-state index contributed by atoms with van der Waals surface area (Å²) in [7, 11) is 1.96. The molecule has 0 aliphatic carbocycles. The predicted molar refractivity (Wildman–Crippen MR) is 113 cm³/mol. The third-order valence-corrected chi connectivity index (χ3v) is 5.66. The lowest BCUT2D eigenvalue weighted by Gasteiger charge is -2.32. The van der Waals surface area contributed by atoms with E-state index in [0.717, 1.165) is 53.5 Å². The summed E-state index contributed by atoms with van der Waals surface area (Å²) >= 11 is 0. The number of fused-ring (bicyclic) bond motifs is 1. The van der Waals surface area contributed by atoms with Gasteiger partial charge in [0.05, 0.1) is 17.4 Å². The maximum absolute atomic E-state index is 13.1. The van der Waals surface area contributed by atoms with E-state index in [0.29, 0.717) is 12.1 Å². The number of hydrogen-bond donors (Lipinski definition) is 1. The quantitative estimate of drug-likeness (QED) is 0.569. The Morgan fingerprint density at radius 2 is 2.10 bits per heavy atom. The Morgan fingerprint density at radius 1 is 1.20 bits per heavy atom. The van der Waals surface area contributed by atoms with Crippen LogP contribution in [0.2, 0.25) is 0 Å². The Balaban J connectivity index is 1.40. The molecule has 1 aliphatic heterocycles. The fraction of sp³-hybridized carbons (Fsp3) is 0.318. The van der Waals surface area contributed by atoms with Crippen molar-refractivity contribution in [3.05, 3.63) is 60.1 Å². The highest BCUT2D eigenvalue weighted by atomic mass is 16.2. The highest BCUT2D eigenvalue weighted by molar-refractivity contribution is 5.97. The molecule has 1 saturated heterocycles. The number of H-pyrrole nitrogens is 1. The van der Waals surface area contributed by atoms with E-state index in [-0.39, 0.29) is 11.8 Å². The van der Waals surface area contributed by atoms with Crippen molar-refractivity contribution >= 4 is 16.9 Å². The first-order valence-corrected chi connectivity index (χ1v) is 10.1. The van der Waals surface area contributed by atoms with Crippen LogP contribution in [0.1, 0.15) is 40.6 Å². The van der Waals surface area contributed by atoms with Crippen LogP contribution < -0.4 is 0 Å². The molecule has 8 heteroatoms. The minimum Gasteiger partial charge on any atom is -0.345 e. The molecule has 1 atom stereocenters. The zero-order valence-electron chi connectivity index (χ0n) is 17.0. The van der Waals surface area contributed by atoms with E-state index in [1.165, 1.54) is 0 Å². The smallest absolute Gasteiger partial charge is 0.253 e. The van der Waals surface area contributed by atoms with Gasteiger partial charge in [-0.2, -0.15) is 0 Å². The molecule has 1 aliphatic rings. The van der Waals surface area contributed by atoms with Crippen LogP contribution in [0, 0.1) is 6.92 Å². The molecule has 8 nitrogen and oxygen atoms in total. The van der Waals surface area contributed by atoms with Crippen LogP contribution in [0.15, 0.2) is 43.0 Å². The van der Waals surface area contributed by atoms with Crippen molar-refractivity contribution in [1.82, 2.24) is 34.4 Å². The number of piperidine rings is 1. The number of aromatic nitrogens is 6. The number of carbonyl (C=O) groups is 1. The lowest BCUT2D eigenvalue weighted by Crippen LogP contribution is -2.39. The SMILES string of the molecule is Cc1cc(-c2nccn2C)nc([C@@H]2CCCN(C(=O)c3ccc4nc[nH]c4c3)C2)n1. The number of benzene rings is 1. The number of likely N-dealkylation sites (tertiary alicyclic amines) is 1. The van der Waals surface area contributed by atoms with Crippen molar-refractivity contribution in [2.24, 2.45) is 7.05 Å². The van der Waals surface area contributed by atoms with Crippen molar-refractivity contribution in [3.8, 4) is 11.5 Å². The van der Waals surface area contributed by atoms with Gasteiger partial charge in [-0.25, -0.2) is 19.9 Å². The number of imidazole rings is 2. The minimum atomic E-state index is 0.0353. The Bertz CT molecular complexity index is 1230. The molecular formula is C22H23N7O. The minimum absolute atomic E-state index is 0.0353. The number of rotatable bonds is 3. The molecule has 4 aromatic rings. The molecule has 0 bridgehead atoms. The van der Waals surface area contributed by atoms with Gasteiger partial charge >= 0.3 is 0 Å². The number of amides is 1. The van der Waals surface area contributed by atoms with Crippen molar-refractivity contribution in [3.63, 3.8) is 0 Å². The monoisotopic (exact) mass is 401 g/mol. The first-order valence-electron chi connectivity index (χ1n) is 10.1. The molecule has 1 aromatic carbocycles. The first-order chi connectivity index (χ1) is 14.6. The molecule has 152 valence electrons. The average Bonchev–Trinajstić information content (AvgIpc) is 3.41. The van der Waals surface area contributed by atoms with E-state index >= 15 is 0 Å². The highest BCUT2D eigenvalue weighted by Crippen LogP contribution is 2.28. The summed E-state index contributed by atoms with van der Waals surface area (Å²) in [6, 6.07) is 7.55. The Hall–Kier alpha value is -3.55. The van der Waals surface area contributed by atoms with Crippen LogP contribution >= 0.6 is 0 Å². The van der Waals surface area contributed by atoms with Gasteiger partial charge in [-0.15, -0.1) is 0 Å². The van der Waals surface area contributed by atoms with Gasteiger partial charge in [0.2, 0.25) is 0 Å². The van der Waals surface area contributed by atoms with Crippen LogP contribution in [0.4, 0.5) is 0 Å². The number of carbonyl (C=O) groups excluding carboxylic acids is 1. The van der Waals surface area contributed by atoms with E-state index in [4.69, 9.17) is 9.97 Å². The zero-order chi connectivity index (χ0) is 20.7. The summed E-state index contributed by atoms with van der Waals surface area (Å²) in [6.07, 6.45) is 7.21. The van der Waals surface area contributed by atoms with Gasteiger partial charge in [0.1, 0.15) is 11.5 Å². The van der Waals surface area contributed by atoms with Crippen LogP contribution in [0.5, 0.6) is 0 Å². The van der Waals surface area contributed by atoms with Crippen LogP contribution in [-0.4, -0.2) is 53.4 Å². The number of aryl methyl sites for hydroxylation is 2. The highest BCUT2D eigenvalue weighted by Gasteiger charge is 2.28. The third kappa shape index (κ3) is 3.34. The van der Waals surface area contributed by atoms with Gasteiger partial charge < -0.3 is 14.5 Å². The number of hydrogen-bond acceptors (Lipinski definition) is 5. The molecule has 30 heavy (non-hydrogen) atoms. The van der Waals surface area contributed by atoms with Crippen LogP contribution in [0.25, 0.3) is 22.6 Å². The van der Waals surface area contributed by atoms with E-state index in [9.17, 15) is 4.79 Å².